The van der Waals surface area contributed by atoms with E-state index in [0.29, 0.717) is 13.0 Å². The predicted octanol–water partition coefficient (Wildman–Crippen LogP) is 2.40. The lowest BCUT2D eigenvalue weighted by Crippen LogP contribution is -2.42. The highest BCUT2D eigenvalue weighted by Crippen LogP contribution is 2.21. The molecule has 1 unspecified atom stereocenters. The molecule has 0 bridgehead atoms. The first-order chi connectivity index (χ1) is 7.99. The number of rotatable bonds is 4. The molecule has 1 rings (SSSR count). The van der Waals surface area contributed by atoms with Crippen LogP contribution in [-0.2, 0) is 11.2 Å². The van der Waals surface area contributed by atoms with E-state index in [-0.39, 0.29) is 0 Å². The highest BCUT2D eigenvalue weighted by molar-refractivity contribution is 7.16. The molecule has 0 aliphatic rings. The van der Waals surface area contributed by atoms with E-state index in [0.717, 1.165) is 9.21 Å². The fourth-order valence-electron chi connectivity index (χ4n) is 1.04. The van der Waals surface area contributed by atoms with Gasteiger partial charge in [-0.25, -0.2) is 4.79 Å². The third-order valence-electron chi connectivity index (χ3n) is 1.88. The van der Waals surface area contributed by atoms with E-state index in [9.17, 15) is 9.59 Å². The molecule has 7 heteroatoms. The highest BCUT2D eigenvalue weighted by Gasteiger charge is 2.12. The Morgan fingerprint density at radius 1 is 1.47 bits per heavy atom. The van der Waals surface area contributed by atoms with Gasteiger partial charge in [0.05, 0.1) is 4.34 Å². The molecule has 17 heavy (non-hydrogen) atoms. The molecule has 0 radical (unpaired) electrons. The van der Waals surface area contributed by atoms with Crippen LogP contribution in [0.5, 0.6) is 0 Å². The zero-order valence-electron chi connectivity index (χ0n) is 9.13. The van der Waals surface area contributed by atoms with E-state index in [1.165, 1.54) is 18.3 Å². The Labute approximate surface area is 113 Å². The Morgan fingerprint density at radius 2 is 2.18 bits per heavy atom. The molecule has 1 heterocycles. The van der Waals surface area contributed by atoms with Crippen molar-refractivity contribution in [2.24, 2.45) is 0 Å². The summed E-state index contributed by atoms with van der Waals surface area (Å²) in [6, 6.07) is 3.17. The van der Waals surface area contributed by atoms with Crippen molar-refractivity contribution in [3.8, 4) is 0 Å². The van der Waals surface area contributed by atoms with Crippen LogP contribution in [0.4, 0.5) is 4.79 Å². The summed E-state index contributed by atoms with van der Waals surface area (Å²) in [6.07, 6.45) is 0.676. The maximum atomic E-state index is 11.2. The minimum absolute atomic E-state index is 0.437. The van der Waals surface area contributed by atoms with Crippen molar-refractivity contribution in [3.05, 3.63) is 21.3 Å². The predicted molar refractivity (Wildman–Crippen MR) is 69.9 cm³/mol. The van der Waals surface area contributed by atoms with Gasteiger partial charge in [0.2, 0.25) is 5.91 Å². The Hall–Kier alpha value is -0.780. The first kappa shape index (κ1) is 14.3. The van der Waals surface area contributed by atoms with Gasteiger partial charge in [0, 0.05) is 11.4 Å². The number of thiophene rings is 1. The lowest BCUT2D eigenvalue weighted by molar-refractivity contribution is -0.119. The highest BCUT2D eigenvalue weighted by atomic mass is 35.5. The largest absolute Gasteiger partial charge is 0.337 e. The maximum absolute atomic E-state index is 11.2. The molecule has 0 aliphatic carbocycles. The van der Waals surface area contributed by atoms with Gasteiger partial charge in [-0.2, -0.15) is 0 Å². The van der Waals surface area contributed by atoms with Crippen LogP contribution in [0, 0.1) is 0 Å². The minimum atomic E-state index is -0.725. The molecule has 0 aliphatic heterocycles. The van der Waals surface area contributed by atoms with Crippen molar-refractivity contribution in [2.45, 2.75) is 18.7 Å². The molecule has 1 aromatic heterocycles. The van der Waals surface area contributed by atoms with Crippen LogP contribution in [0.15, 0.2) is 12.1 Å². The summed E-state index contributed by atoms with van der Waals surface area (Å²) in [7, 11) is 0. The van der Waals surface area contributed by atoms with Gasteiger partial charge in [-0.3, -0.25) is 10.1 Å². The summed E-state index contributed by atoms with van der Waals surface area (Å²) < 4.78 is 0.718. The van der Waals surface area contributed by atoms with Crippen molar-refractivity contribution in [1.82, 2.24) is 10.6 Å². The van der Waals surface area contributed by atoms with Gasteiger partial charge in [0.15, 0.2) is 0 Å². The third-order valence-corrected chi connectivity index (χ3v) is 3.37. The van der Waals surface area contributed by atoms with Crippen LogP contribution in [0.25, 0.3) is 0 Å². The molecule has 0 saturated carbocycles. The second-order valence-electron chi connectivity index (χ2n) is 3.32. The summed E-state index contributed by atoms with van der Waals surface area (Å²) in [4.78, 5) is 23.4. The van der Waals surface area contributed by atoms with E-state index in [1.54, 1.807) is 6.07 Å². The van der Waals surface area contributed by atoms with Gasteiger partial charge in [0.25, 0.3) is 0 Å². The standard InChI is InChI=1S/C10H12Cl2N2O2S/c1-6(11)9(15)14-10(16)13-5-4-7-2-3-8(12)17-7/h2-3,6H,4-5H2,1H3,(H2,13,14,15,16). The summed E-state index contributed by atoms with van der Waals surface area (Å²) in [5, 5.41) is 3.96. The van der Waals surface area contributed by atoms with E-state index in [1.807, 2.05) is 6.07 Å². The quantitative estimate of drug-likeness (QED) is 0.838. The molecular formula is C10H12Cl2N2O2S. The lowest BCUT2D eigenvalue weighted by atomic mass is 10.3. The normalized spacial score (nSPS) is 11.9. The van der Waals surface area contributed by atoms with Crippen LogP contribution in [0.2, 0.25) is 4.34 Å². The van der Waals surface area contributed by atoms with Crippen molar-refractivity contribution in [3.63, 3.8) is 0 Å². The number of imide groups is 1. The Bertz CT molecular complexity index is 407. The summed E-state index contributed by atoms with van der Waals surface area (Å²) in [5.74, 6) is -0.511. The molecule has 3 amide bonds. The van der Waals surface area contributed by atoms with E-state index in [2.05, 4.69) is 10.6 Å². The molecule has 0 aromatic carbocycles. The molecule has 4 nitrogen and oxygen atoms in total. The second-order valence-corrected chi connectivity index (χ2v) is 5.77. The number of urea groups is 1. The van der Waals surface area contributed by atoms with Gasteiger partial charge < -0.3 is 5.32 Å². The first-order valence-corrected chi connectivity index (χ1v) is 6.59. The van der Waals surface area contributed by atoms with Crippen LogP contribution in [-0.4, -0.2) is 23.9 Å². The number of hydrogen-bond donors (Lipinski definition) is 2. The fourth-order valence-corrected chi connectivity index (χ4v) is 2.18. The number of carbonyl (C=O) groups excluding carboxylic acids is 2. The van der Waals surface area contributed by atoms with Crippen molar-refractivity contribution < 1.29 is 9.59 Å². The monoisotopic (exact) mass is 294 g/mol. The maximum Gasteiger partial charge on any atom is 0.321 e. The lowest BCUT2D eigenvalue weighted by Gasteiger charge is -2.06. The van der Waals surface area contributed by atoms with Crippen LogP contribution in [0.1, 0.15) is 11.8 Å². The number of carbonyl (C=O) groups is 2. The van der Waals surface area contributed by atoms with Crippen LogP contribution < -0.4 is 10.6 Å². The van der Waals surface area contributed by atoms with Crippen molar-refractivity contribution in [1.29, 1.82) is 0 Å². The van der Waals surface area contributed by atoms with E-state index in [4.69, 9.17) is 23.2 Å². The van der Waals surface area contributed by atoms with Gasteiger partial charge in [-0.1, -0.05) is 11.6 Å². The Kier molecular flexibility index (Phi) is 5.74. The minimum Gasteiger partial charge on any atom is -0.337 e. The van der Waals surface area contributed by atoms with Crippen molar-refractivity contribution in [2.75, 3.05) is 6.54 Å². The molecule has 94 valence electrons. The van der Waals surface area contributed by atoms with E-state index < -0.39 is 17.3 Å². The third kappa shape index (κ3) is 5.39. The zero-order valence-corrected chi connectivity index (χ0v) is 11.5. The van der Waals surface area contributed by atoms with Gasteiger partial charge in [0.1, 0.15) is 5.38 Å². The number of amides is 3. The second kappa shape index (κ2) is 6.83. The molecule has 1 atom stereocenters. The first-order valence-electron chi connectivity index (χ1n) is 4.96. The molecule has 1 aromatic rings. The zero-order chi connectivity index (χ0) is 12.8. The summed E-state index contributed by atoms with van der Waals surface area (Å²) in [6.45, 7) is 1.93. The smallest absolute Gasteiger partial charge is 0.321 e. The Balaban J connectivity index is 2.23. The molecule has 0 fully saturated rings. The molecular weight excluding hydrogens is 283 g/mol. The number of halogens is 2. The van der Waals surface area contributed by atoms with Gasteiger partial charge >= 0.3 is 6.03 Å². The van der Waals surface area contributed by atoms with E-state index >= 15 is 0 Å². The molecule has 0 saturated heterocycles. The Morgan fingerprint density at radius 3 is 2.71 bits per heavy atom. The summed E-state index contributed by atoms with van der Waals surface area (Å²) in [5.41, 5.74) is 0. The molecule has 0 spiro atoms. The number of nitrogens with one attached hydrogen (secondary N) is 2. The fraction of sp³-hybridized carbons (Fsp3) is 0.400. The van der Waals surface area contributed by atoms with Crippen LogP contribution in [0.3, 0.4) is 0 Å². The van der Waals surface area contributed by atoms with Gasteiger partial charge in [-0.05, 0) is 25.5 Å². The summed E-state index contributed by atoms with van der Waals surface area (Å²) >= 11 is 12.7. The topological polar surface area (TPSA) is 58.2 Å². The van der Waals surface area contributed by atoms with Gasteiger partial charge in [-0.15, -0.1) is 22.9 Å². The average Bonchev–Trinajstić information content (AvgIpc) is 2.64. The average molecular weight is 295 g/mol. The number of alkyl halides is 1. The SMILES string of the molecule is CC(Cl)C(=O)NC(=O)NCCc1ccc(Cl)s1. The van der Waals surface area contributed by atoms with Crippen molar-refractivity contribution >= 4 is 46.5 Å². The molecule has 2 N–H and O–H groups in total. The van der Waals surface area contributed by atoms with Crippen LogP contribution >= 0.6 is 34.5 Å². The number of hydrogen-bond acceptors (Lipinski definition) is 3.